The van der Waals surface area contributed by atoms with Gasteiger partial charge in [-0.25, -0.2) is 0 Å². The van der Waals surface area contributed by atoms with Crippen LogP contribution in [0.25, 0.3) is 11.1 Å². The van der Waals surface area contributed by atoms with Crippen LogP contribution >= 0.6 is 0 Å². The van der Waals surface area contributed by atoms with Gasteiger partial charge in [-0.3, -0.25) is 4.79 Å². The van der Waals surface area contributed by atoms with E-state index in [0.29, 0.717) is 12.1 Å². The maximum absolute atomic E-state index is 12.9. The van der Waals surface area contributed by atoms with Crippen molar-refractivity contribution in [2.75, 3.05) is 0 Å². The third kappa shape index (κ3) is 3.42. The molecule has 1 heterocycles. The molecule has 0 aliphatic rings. The Morgan fingerprint density at radius 2 is 1.46 bits per heavy atom. The van der Waals surface area contributed by atoms with Crippen molar-refractivity contribution in [1.82, 2.24) is 4.98 Å². The van der Waals surface area contributed by atoms with E-state index in [1.54, 1.807) is 0 Å². The Labute approximate surface area is 131 Å². The minimum Gasteiger partial charge on any atom is -0.325 e. The molecule has 9 heteroatoms. The summed E-state index contributed by atoms with van der Waals surface area (Å²) in [7, 11) is 0. The smallest absolute Gasteiger partial charge is 0.325 e. The van der Waals surface area contributed by atoms with Crippen LogP contribution in [-0.2, 0) is 12.4 Å². The van der Waals surface area contributed by atoms with E-state index in [2.05, 4.69) is 4.98 Å². The largest absolute Gasteiger partial charge is 0.416 e. The zero-order valence-electron chi connectivity index (χ0n) is 11.9. The third-order valence-corrected chi connectivity index (χ3v) is 3.18. The SMILES string of the molecule is Cc1cc(-c2cc(C(F)(F)F)cc(C(F)(F)F)c2)c(C#N)c(=O)[nH]1. The molecular weight excluding hydrogens is 338 g/mol. The van der Waals surface area contributed by atoms with Gasteiger partial charge >= 0.3 is 12.4 Å². The van der Waals surface area contributed by atoms with Gasteiger partial charge in [-0.15, -0.1) is 0 Å². The lowest BCUT2D eigenvalue weighted by Gasteiger charge is -2.15. The molecule has 0 aliphatic heterocycles. The molecular formula is C15H8F6N2O. The number of nitriles is 1. The first-order valence-corrected chi connectivity index (χ1v) is 6.37. The Hall–Kier alpha value is -2.76. The summed E-state index contributed by atoms with van der Waals surface area (Å²) in [5, 5.41) is 9.00. The highest BCUT2D eigenvalue weighted by atomic mass is 19.4. The molecule has 0 unspecified atom stereocenters. The van der Waals surface area contributed by atoms with E-state index >= 15 is 0 Å². The Bertz CT molecular complexity index is 855. The number of rotatable bonds is 1. The maximum Gasteiger partial charge on any atom is 0.416 e. The van der Waals surface area contributed by atoms with Crippen LogP contribution in [0, 0.1) is 18.3 Å². The molecule has 0 saturated carbocycles. The lowest BCUT2D eigenvalue weighted by Crippen LogP contribution is -2.14. The molecule has 24 heavy (non-hydrogen) atoms. The summed E-state index contributed by atoms with van der Waals surface area (Å²) in [5.41, 5.74) is -5.10. The topological polar surface area (TPSA) is 56.6 Å². The number of benzene rings is 1. The van der Waals surface area contributed by atoms with E-state index in [9.17, 15) is 31.1 Å². The maximum atomic E-state index is 12.9. The summed E-state index contributed by atoms with van der Waals surface area (Å²) in [6, 6.07) is 3.58. The van der Waals surface area contributed by atoms with Crippen molar-refractivity contribution in [3.8, 4) is 17.2 Å². The molecule has 0 bridgehead atoms. The molecule has 126 valence electrons. The lowest BCUT2D eigenvalue weighted by atomic mass is 9.96. The molecule has 0 spiro atoms. The van der Waals surface area contributed by atoms with Gasteiger partial charge in [-0.05, 0) is 36.8 Å². The van der Waals surface area contributed by atoms with Crippen LogP contribution < -0.4 is 5.56 Å². The van der Waals surface area contributed by atoms with E-state index in [0.717, 1.165) is 6.07 Å². The van der Waals surface area contributed by atoms with Crippen molar-refractivity contribution in [3.05, 3.63) is 57.0 Å². The number of nitrogens with zero attached hydrogens (tertiary/aromatic N) is 1. The summed E-state index contributed by atoms with van der Waals surface area (Å²) in [6.07, 6.45) is -10.0. The van der Waals surface area contributed by atoms with Crippen LogP contribution in [-0.4, -0.2) is 4.98 Å². The molecule has 0 fully saturated rings. The summed E-state index contributed by atoms with van der Waals surface area (Å²) in [4.78, 5) is 14.0. The molecule has 0 atom stereocenters. The fraction of sp³-hybridized carbons (Fsp3) is 0.200. The van der Waals surface area contributed by atoms with Gasteiger partial charge in [-0.2, -0.15) is 31.6 Å². The van der Waals surface area contributed by atoms with Gasteiger partial charge in [-0.1, -0.05) is 0 Å². The number of aromatic amines is 1. The van der Waals surface area contributed by atoms with Gasteiger partial charge in [0.25, 0.3) is 5.56 Å². The van der Waals surface area contributed by atoms with Gasteiger partial charge in [0.05, 0.1) is 11.1 Å². The Morgan fingerprint density at radius 3 is 1.88 bits per heavy atom. The standard InChI is InChI=1S/C15H8F6N2O/c1-7-2-11(12(6-22)13(24)23-7)8-3-9(14(16,17)18)5-10(4-8)15(19,20)21/h2-5H,1H3,(H,23,24). The Morgan fingerprint density at radius 1 is 0.958 bits per heavy atom. The number of alkyl halides is 6. The number of H-pyrrole nitrogens is 1. The van der Waals surface area contributed by atoms with Crippen LogP contribution in [0.5, 0.6) is 0 Å². The average molecular weight is 346 g/mol. The quantitative estimate of drug-likeness (QED) is 0.785. The highest BCUT2D eigenvalue weighted by Crippen LogP contribution is 2.38. The molecule has 2 rings (SSSR count). The second-order valence-corrected chi connectivity index (χ2v) is 4.98. The first-order valence-electron chi connectivity index (χ1n) is 6.37. The van der Waals surface area contributed by atoms with Crippen LogP contribution in [0.3, 0.4) is 0 Å². The molecule has 0 amide bonds. The van der Waals surface area contributed by atoms with E-state index < -0.39 is 40.2 Å². The Balaban J connectivity index is 2.86. The van der Waals surface area contributed by atoms with Crippen molar-refractivity contribution in [2.45, 2.75) is 19.3 Å². The summed E-state index contributed by atoms with van der Waals surface area (Å²) in [5.74, 6) is 0. The first kappa shape index (κ1) is 17.6. The highest BCUT2D eigenvalue weighted by molar-refractivity contribution is 5.71. The van der Waals surface area contributed by atoms with Crippen molar-refractivity contribution in [1.29, 1.82) is 5.26 Å². The van der Waals surface area contributed by atoms with Gasteiger partial charge in [0.15, 0.2) is 0 Å². The lowest BCUT2D eigenvalue weighted by molar-refractivity contribution is -0.143. The van der Waals surface area contributed by atoms with Crippen LogP contribution in [0.1, 0.15) is 22.4 Å². The Kier molecular flexibility index (Phi) is 4.18. The number of aromatic nitrogens is 1. The summed E-state index contributed by atoms with van der Waals surface area (Å²) in [6.45, 7) is 1.39. The zero-order valence-corrected chi connectivity index (χ0v) is 11.9. The fourth-order valence-electron chi connectivity index (χ4n) is 2.14. The van der Waals surface area contributed by atoms with E-state index in [4.69, 9.17) is 5.26 Å². The van der Waals surface area contributed by atoms with E-state index in [1.165, 1.54) is 13.0 Å². The molecule has 1 aromatic carbocycles. The van der Waals surface area contributed by atoms with Crippen molar-refractivity contribution < 1.29 is 26.3 Å². The van der Waals surface area contributed by atoms with Crippen molar-refractivity contribution in [2.24, 2.45) is 0 Å². The predicted molar refractivity (Wildman–Crippen MR) is 72.0 cm³/mol. The normalized spacial score (nSPS) is 12.1. The average Bonchev–Trinajstić information content (AvgIpc) is 2.44. The molecule has 3 nitrogen and oxygen atoms in total. The number of aryl methyl sites for hydroxylation is 1. The van der Waals surface area contributed by atoms with E-state index in [1.807, 2.05) is 0 Å². The van der Waals surface area contributed by atoms with Crippen LogP contribution in [0.15, 0.2) is 29.1 Å². The minimum absolute atomic E-state index is 0.0183. The van der Waals surface area contributed by atoms with Gasteiger partial charge < -0.3 is 4.98 Å². The second kappa shape index (κ2) is 5.70. The number of hydrogen-bond donors (Lipinski definition) is 1. The van der Waals surface area contributed by atoms with Crippen LogP contribution in [0.2, 0.25) is 0 Å². The fourth-order valence-corrected chi connectivity index (χ4v) is 2.14. The van der Waals surface area contributed by atoms with Crippen LogP contribution in [0.4, 0.5) is 26.3 Å². The molecule has 0 aliphatic carbocycles. The van der Waals surface area contributed by atoms with E-state index in [-0.39, 0.29) is 17.3 Å². The number of hydrogen-bond acceptors (Lipinski definition) is 2. The van der Waals surface area contributed by atoms with Gasteiger partial charge in [0, 0.05) is 11.3 Å². The second-order valence-electron chi connectivity index (χ2n) is 4.98. The van der Waals surface area contributed by atoms with Crippen molar-refractivity contribution in [3.63, 3.8) is 0 Å². The summed E-state index contributed by atoms with van der Waals surface area (Å²) >= 11 is 0. The first-order chi connectivity index (χ1) is 10.9. The molecule has 1 aromatic heterocycles. The third-order valence-electron chi connectivity index (χ3n) is 3.18. The zero-order chi connectivity index (χ0) is 18.3. The number of pyridine rings is 1. The molecule has 0 radical (unpaired) electrons. The van der Waals surface area contributed by atoms with Crippen molar-refractivity contribution >= 4 is 0 Å². The number of nitrogens with one attached hydrogen (secondary N) is 1. The highest BCUT2D eigenvalue weighted by Gasteiger charge is 2.37. The molecule has 1 N–H and O–H groups in total. The minimum atomic E-state index is -5.01. The monoisotopic (exact) mass is 346 g/mol. The van der Waals surface area contributed by atoms with Gasteiger partial charge in [0.1, 0.15) is 11.6 Å². The summed E-state index contributed by atoms with van der Waals surface area (Å²) < 4.78 is 77.4. The molecule has 0 saturated heterocycles. The predicted octanol–water partition coefficient (Wildman–Crippen LogP) is 4.26. The molecule has 2 aromatic rings. The number of halogens is 6. The van der Waals surface area contributed by atoms with Gasteiger partial charge in [0.2, 0.25) is 0 Å².